The van der Waals surface area contributed by atoms with Gasteiger partial charge >= 0.3 is 0 Å². The van der Waals surface area contributed by atoms with Gasteiger partial charge in [0.15, 0.2) is 0 Å². The molecule has 2 heteroatoms. The molecule has 4 aliphatic rings. The lowest BCUT2D eigenvalue weighted by Crippen LogP contribution is -2.61. The van der Waals surface area contributed by atoms with Gasteiger partial charge in [-0.3, -0.25) is 0 Å². The Morgan fingerprint density at radius 3 is 2.40 bits per heavy atom. The van der Waals surface area contributed by atoms with Gasteiger partial charge in [0.1, 0.15) is 0 Å². The third kappa shape index (κ3) is 1.76. The van der Waals surface area contributed by atoms with E-state index < -0.39 is 5.60 Å². The van der Waals surface area contributed by atoms with E-state index in [0.29, 0.717) is 17.3 Å². The Labute approximate surface area is 123 Å². The molecule has 0 aromatic carbocycles. The van der Waals surface area contributed by atoms with Gasteiger partial charge in [0, 0.05) is 0 Å². The lowest BCUT2D eigenvalue weighted by Gasteiger charge is -2.62. The first-order valence-corrected chi connectivity index (χ1v) is 8.87. The monoisotopic (exact) mass is 278 g/mol. The summed E-state index contributed by atoms with van der Waals surface area (Å²) in [5, 5.41) is 22.2. The fraction of sp³-hybridized carbons (Fsp3) is 1.00. The summed E-state index contributed by atoms with van der Waals surface area (Å²) in [6.45, 7) is 2.30. The van der Waals surface area contributed by atoms with E-state index in [0.717, 1.165) is 25.7 Å². The minimum Gasteiger partial charge on any atom is -0.393 e. The molecule has 114 valence electrons. The summed E-state index contributed by atoms with van der Waals surface area (Å²) in [6.07, 6.45) is 12.9. The molecule has 2 nitrogen and oxygen atoms in total. The van der Waals surface area contributed by atoms with E-state index in [1.165, 1.54) is 44.9 Å². The molecular weight excluding hydrogens is 248 g/mol. The smallest absolute Gasteiger partial charge is 0.0685 e. The molecule has 2 bridgehead atoms. The first kappa shape index (κ1) is 13.6. The normalized spacial score (nSPS) is 53.9. The molecule has 4 fully saturated rings. The Hall–Kier alpha value is -0.0800. The van der Waals surface area contributed by atoms with Crippen LogP contribution in [0, 0.1) is 22.7 Å². The van der Waals surface area contributed by atoms with Crippen LogP contribution in [0.5, 0.6) is 0 Å². The van der Waals surface area contributed by atoms with Gasteiger partial charge in [-0.1, -0.05) is 32.6 Å². The Bertz CT molecular complexity index is 400. The van der Waals surface area contributed by atoms with Gasteiger partial charge in [-0.25, -0.2) is 0 Å². The van der Waals surface area contributed by atoms with Gasteiger partial charge in [-0.05, 0) is 67.6 Å². The van der Waals surface area contributed by atoms with Crippen LogP contribution in [0.15, 0.2) is 0 Å². The number of aliphatic hydroxyl groups excluding tert-OH is 1. The number of hydrogen-bond donors (Lipinski definition) is 2. The topological polar surface area (TPSA) is 40.5 Å². The van der Waals surface area contributed by atoms with E-state index in [4.69, 9.17) is 0 Å². The predicted molar refractivity (Wildman–Crippen MR) is 79.3 cm³/mol. The van der Waals surface area contributed by atoms with Crippen molar-refractivity contribution in [3.05, 3.63) is 0 Å². The number of rotatable bonds is 0. The molecule has 0 saturated heterocycles. The van der Waals surface area contributed by atoms with Gasteiger partial charge in [0.2, 0.25) is 0 Å². The van der Waals surface area contributed by atoms with Crippen LogP contribution in [0.1, 0.15) is 77.6 Å². The largest absolute Gasteiger partial charge is 0.393 e. The molecule has 0 heterocycles. The minimum absolute atomic E-state index is 0.163. The molecule has 0 amide bonds. The van der Waals surface area contributed by atoms with Crippen molar-refractivity contribution < 1.29 is 10.2 Å². The summed E-state index contributed by atoms with van der Waals surface area (Å²) in [4.78, 5) is 0. The molecule has 20 heavy (non-hydrogen) atoms. The van der Waals surface area contributed by atoms with E-state index in [9.17, 15) is 10.2 Å². The summed E-state index contributed by atoms with van der Waals surface area (Å²) in [5.74, 6) is 0.783. The lowest BCUT2D eigenvalue weighted by molar-refractivity contribution is -0.202. The minimum atomic E-state index is -0.460. The van der Waals surface area contributed by atoms with Crippen molar-refractivity contribution in [1.82, 2.24) is 0 Å². The second kappa shape index (κ2) is 4.23. The summed E-state index contributed by atoms with van der Waals surface area (Å²) in [7, 11) is 0. The van der Waals surface area contributed by atoms with Crippen molar-refractivity contribution in [1.29, 1.82) is 0 Å². The average molecular weight is 278 g/mol. The van der Waals surface area contributed by atoms with Crippen molar-refractivity contribution in [2.75, 3.05) is 0 Å². The van der Waals surface area contributed by atoms with E-state index >= 15 is 0 Å². The van der Waals surface area contributed by atoms with E-state index in [1.54, 1.807) is 0 Å². The number of fused-ring (bicyclic) bond motifs is 5. The van der Waals surface area contributed by atoms with Crippen molar-refractivity contribution in [2.45, 2.75) is 89.3 Å². The van der Waals surface area contributed by atoms with Crippen molar-refractivity contribution in [2.24, 2.45) is 22.7 Å². The zero-order valence-corrected chi connectivity index (χ0v) is 12.9. The molecule has 0 aromatic heterocycles. The second-order valence-electron chi connectivity index (χ2n) is 8.98. The maximum atomic E-state index is 11.3. The Morgan fingerprint density at radius 2 is 1.65 bits per heavy atom. The van der Waals surface area contributed by atoms with Crippen LogP contribution in [0.3, 0.4) is 0 Å². The maximum Gasteiger partial charge on any atom is 0.0685 e. The fourth-order valence-corrected chi connectivity index (χ4v) is 6.82. The van der Waals surface area contributed by atoms with Crippen molar-refractivity contribution >= 4 is 0 Å². The Kier molecular flexibility index (Phi) is 2.87. The zero-order chi connectivity index (χ0) is 14.0. The maximum absolute atomic E-state index is 11.3. The highest BCUT2D eigenvalue weighted by atomic mass is 16.3. The Balaban J connectivity index is 1.68. The molecule has 1 spiro atoms. The highest BCUT2D eigenvalue weighted by Gasteiger charge is 2.65. The van der Waals surface area contributed by atoms with Crippen molar-refractivity contribution in [3.63, 3.8) is 0 Å². The van der Waals surface area contributed by atoms with Crippen LogP contribution < -0.4 is 0 Å². The van der Waals surface area contributed by atoms with Crippen LogP contribution in [0.25, 0.3) is 0 Å². The summed E-state index contributed by atoms with van der Waals surface area (Å²) in [5.41, 5.74) is 0.114. The zero-order valence-electron chi connectivity index (χ0n) is 12.9. The van der Waals surface area contributed by atoms with Crippen LogP contribution in [-0.2, 0) is 0 Å². The summed E-state index contributed by atoms with van der Waals surface area (Å²) in [6, 6.07) is 0. The molecule has 4 rings (SSSR count). The number of hydrogen-bond acceptors (Lipinski definition) is 2. The van der Waals surface area contributed by atoms with Crippen LogP contribution in [0.2, 0.25) is 0 Å². The molecule has 0 unspecified atom stereocenters. The van der Waals surface area contributed by atoms with Gasteiger partial charge in [-0.2, -0.15) is 0 Å². The summed E-state index contributed by atoms with van der Waals surface area (Å²) >= 11 is 0. The molecule has 2 N–H and O–H groups in total. The second-order valence-corrected chi connectivity index (χ2v) is 8.98. The highest BCUT2D eigenvalue weighted by molar-refractivity contribution is 5.15. The van der Waals surface area contributed by atoms with E-state index in [1.807, 2.05) is 0 Å². The molecule has 0 radical (unpaired) electrons. The molecule has 4 aliphatic carbocycles. The third-order valence-corrected chi connectivity index (χ3v) is 7.55. The molecule has 0 aromatic rings. The molecular formula is C18H30O2. The first-order chi connectivity index (χ1) is 9.47. The van der Waals surface area contributed by atoms with Gasteiger partial charge < -0.3 is 10.2 Å². The van der Waals surface area contributed by atoms with E-state index in [2.05, 4.69) is 6.92 Å². The third-order valence-electron chi connectivity index (χ3n) is 7.55. The molecule has 0 aliphatic heterocycles. The average Bonchev–Trinajstić information content (AvgIpc) is 2.40. The first-order valence-electron chi connectivity index (χ1n) is 8.87. The van der Waals surface area contributed by atoms with Crippen LogP contribution >= 0.6 is 0 Å². The lowest BCUT2D eigenvalue weighted by atomic mass is 9.44. The molecule has 5 atom stereocenters. The van der Waals surface area contributed by atoms with Crippen LogP contribution in [-0.4, -0.2) is 21.9 Å². The molecule has 4 saturated carbocycles. The standard InChI is InChI=1S/C18H30O2/c1-16-6-5-9-18(20,12-16)13-10-17(7-3-2-4-8-17)15(13)14(19)11-16/h13-15,19-20H,2-12H2,1H3/t13-,14+,15+,16+,18-/m1/s1. The Morgan fingerprint density at radius 1 is 0.900 bits per heavy atom. The summed E-state index contributed by atoms with van der Waals surface area (Å²) < 4.78 is 0. The van der Waals surface area contributed by atoms with E-state index in [-0.39, 0.29) is 11.5 Å². The predicted octanol–water partition coefficient (Wildman–Crippen LogP) is 3.65. The van der Waals surface area contributed by atoms with Gasteiger partial charge in [0.25, 0.3) is 0 Å². The van der Waals surface area contributed by atoms with Gasteiger partial charge in [-0.15, -0.1) is 0 Å². The highest BCUT2D eigenvalue weighted by Crippen LogP contribution is 2.68. The fourth-order valence-electron chi connectivity index (χ4n) is 6.82. The SMILES string of the molecule is C[C@@]12CCC[C@@](O)(C1)[C@@H]1CC3(CCCCC3)[C@@H]1[C@@H](O)C2. The number of aliphatic hydroxyl groups is 2. The van der Waals surface area contributed by atoms with Crippen LogP contribution in [0.4, 0.5) is 0 Å². The quantitative estimate of drug-likeness (QED) is 0.710. The van der Waals surface area contributed by atoms with Crippen molar-refractivity contribution in [3.8, 4) is 0 Å². The van der Waals surface area contributed by atoms with Gasteiger partial charge in [0.05, 0.1) is 11.7 Å².